The lowest BCUT2D eigenvalue weighted by Gasteiger charge is -2.09. The van der Waals surface area contributed by atoms with Crippen molar-refractivity contribution in [1.29, 1.82) is 0 Å². The van der Waals surface area contributed by atoms with Crippen LogP contribution in [0.1, 0.15) is 13.8 Å². The Balaban J connectivity index is 2.06. The van der Waals surface area contributed by atoms with Crippen molar-refractivity contribution in [3.63, 3.8) is 0 Å². The molecule has 0 unspecified atom stereocenters. The van der Waals surface area contributed by atoms with E-state index in [1.807, 2.05) is 12.1 Å². The van der Waals surface area contributed by atoms with Gasteiger partial charge in [0, 0.05) is 5.39 Å². The SMILES string of the molecule is CC(C)COc1c2c(cc3ccccc13)O2. The van der Waals surface area contributed by atoms with Gasteiger partial charge < -0.3 is 9.47 Å². The summed E-state index contributed by atoms with van der Waals surface area (Å²) in [4.78, 5) is 0. The Hall–Kier alpha value is -1.70. The van der Waals surface area contributed by atoms with Gasteiger partial charge in [-0.1, -0.05) is 38.1 Å². The second-order valence-electron chi connectivity index (χ2n) is 4.56. The van der Waals surface area contributed by atoms with E-state index in [0.29, 0.717) is 5.92 Å². The lowest BCUT2D eigenvalue weighted by molar-refractivity contribution is 0.272. The standard InChI is InChI=1S/C14H14O2/c1-9(2)8-15-13-11-6-4-3-5-10(11)7-12-14(13)16-12/h3-7,9H,8H2,1-2H3. The molecular formula is C14H14O2. The smallest absolute Gasteiger partial charge is 0.212 e. The van der Waals surface area contributed by atoms with Crippen LogP contribution in [0.4, 0.5) is 0 Å². The highest BCUT2D eigenvalue weighted by atomic mass is 16.6. The Morgan fingerprint density at radius 3 is 2.88 bits per heavy atom. The van der Waals surface area contributed by atoms with Crippen molar-refractivity contribution >= 4 is 10.8 Å². The highest BCUT2D eigenvalue weighted by Crippen LogP contribution is 2.56. The maximum atomic E-state index is 5.84. The summed E-state index contributed by atoms with van der Waals surface area (Å²) in [6.45, 7) is 5.01. The van der Waals surface area contributed by atoms with E-state index in [1.54, 1.807) is 0 Å². The summed E-state index contributed by atoms with van der Waals surface area (Å²) in [7, 11) is 0. The average molecular weight is 214 g/mol. The number of benzene rings is 2. The average Bonchev–Trinajstić information content (AvgIpc) is 3.02. The van der Waals surface area contributed by atoms with Crippen molar-refractivity contribution in [2.45, 2.75) is 13.8 Å². The van der Waals surface area contributed by atoms with Crippen molar-refractivity contribution in [3.8, 4) is 17.2 Å². The minimum Gasteiger partial charge on any atom is -0.489 e. The lowest BCUT2D eigenvalue weighted by Crippen LogP contribution is -2.04. The van der Waals surface area contributed by atoms with Crippen LogP contribution < -0.4 is 9.47 Å². The maximum Gasteiger partial charge on any atom is 0.212 e. The van der Waals surface area contributed by atoms with Crippen LogP contribution in [-0.4, -0.2) is 6.61 Å². The van der Waals surface area contributed by atoms with Crippen LogP contribution in [0.5, 0.6) is 17.2 Å². The van der Waals surface area contributed by atoms with Crippen molar-refractivity contribution in [2.24, 2.45) is 5.92 Å². The van der Waals surface area contributed by atoms with E-state index in [4.69, 9.17) is 9.47 Å². The number of rotatable bonds is 3. The quantitative estimate of drug-likeness (QED) is 0.615. The molecule has 3 rings (SSSR count). The molecule has 0 saturated carbocycles. The van der Waals surface area contributed by atoms with Crippen LogP contribution in [0.15, 0.2) is 30.3 Å². The highest BCUT2D eigenvalue weighted by Gasteiger charge is 2.28. The van der Waals surface area contributed by atoms with Crippen molar-refractivity contribution < 1.29 is 9.47 Å². The van der Waals surface area contributed by atoms with Gasteiger partial charge in [0.25, 0.3) is 0 Å². The lowest BCUT2D eigenvalue weighted by atomic mass is 10.1. The van der Waals surface area contributed by atoms with Gasteiger partial charge in [0.05, 0.1) is 6.61 Å². The first-order valence-electron chi connectivity index (χ1n) is 5.62. The van der Waals surface area contributed by atoms with Gasteiger partial charge in [0.15, 0.2) is 11.5 Å². The Labute approximate surface area is 94.8 Å². The zero-order chi connectivity index (χ0) is 11.1. The van der Waals surface area contributed by atoms with Crippen molar-refractivity contribution in [1.82, 2.24) is 0 Å². The van der Waals surface area contributed by atoms with Gasteiger partial charge in [-0.15, -0.1) is 0 Å². The highest BCUT2D eigenvalue weighted by molar-refractivity contribution is 5.95. The molecule has 0 bridgehead atoms. The third-order valence-corrected chi connectivity index (χ3v) is 2.65. The first-order valence-corrected chi connectivity index (χ1v) is 5.62. The fraction of sp³-hybridized carbons (Fsp3) is 0.286. The second kappa shape index (κ2) is 3.41. The van der Waals surface area contributed by atoms with E-state index in [9.17, 15) is 0 Å². The topological polar surface area (TPSA) is 21.8 Å². The fourth-order valence-corrected chi connectivity index (χ4v) is 1.82. The largest absolute Gasteiger partial charge is 0.489 e. The molecule has 0 aliphatic carbocycles. The van der Waals surface area contributed by atoms with E-state index in [2.05, 4.69) is 32.0 Å². The van der Waals surface area contributed by atoms with Crippen LogP contribution >= 0.6 is 0 Å². The van der Waals surface area contributed by atoms with Gasteiger partial charge in [-0.3, -0.25) is 0 Å². The van der Waals surface area contributed by atoms with E-state index in [1.165, 1.54) is 5.39 Å². The van der Waals surface area contributed by atoms with Gasteiger partial charge >= 0.3 is 0 Å². The summed E-state index contributed by atoms with van der Waals surface area (Å²) < 4.78 is 11.3. The van der Waals surface area contributed by atoms with Gasteiger partial charge in [0.2, 0.25) is 5.75 Å². The molecule has 0 fully saturated rings. The minimum atomic E-state index is 0.522. The zero-order valence-electron chi connectivity index (χ0n) is 9.49. The Morgan fingerprint density at radius 2 is 2.06 bits per heavy atom. The first kappa shape index (κ1) is 9.52. The third-order valence-electron chi connectivity index (χ3n) is 2.65. The molecule has 0 N–H and O–H groups in total. The summed E-state index contributed by atoms with van der Waals surface area (Å²) in [5.74, 6) is 3.30. The predicted octanol–water partition coefficient (Wildman–Crippen LogP) is 3.98. The molecule has 82 valence electrons. The van der Waals surface area contributed by atoms with Gasteiger partial charge in [-0.2, -0.15) is 0 Å². The molecule has 0 atom stereocenters. The van der Waals surface area contributed by atoms with Crippen LogP contribution in [0.2, 0.25) is 0 Å². The molecule has 2 aromatic rings. The summed E-state index contributed by atoms with van der Waals surface area (Å²) >= 11 is 0. The van der Waals surface area contributed by atoms with E-state index in [0.717, 1.165) is 29.2 Å². The van der Waals surface area contributed by atoms with E-state index < -0.39 is 0 Å². The molecule has 0 saturated heterocycles. The second-order valence-corrected chi connectivity index (χ2v) is 4.56. The van der Waals surface area contributed by atoms with E-state index >= 15 is 0 Å². The molecule has 1 aliphatic heterocycles. The zero-order valence-corrected chi connectivity index (χ0v) is 9.49. The van der Waals surface area contributed by atoms with Gasteiger partial charge in [0.1, 0.15) is 0 Å². The monoisotopic (exact) mass is 214 g/mol. The van der Waals surface area contributed by atoms with E-state index in [-0.39, 0.29) is 0 Å². The molecule has 2 nitrogen and oxygen atoms in total. The first-order chi connectivity index (χ1) is 7.75. The number of hydrogen-bond donors (Lipinski definition) is 0. The van der Waals surface area contributed by atoms with Crippen LogP contribution in [-0.2, 0) is 0 Å². The van der Waals surface area contributed by atoms with Crippen LogP contribution in [0.25, 0.3) is 10.8 Å². The number of ether oxygens (including phenoxy) is 2. The predicted molar refractivity (Wildman–Crippen MR) is 64.4 cm³/mol. The molecule has 0 radical (unpaired) electrons. The van der Waals surface area contributed by atoms with Gasteiger partial charge in [-0.25, -0.2) is 0 Å². The molecule has 2 aromatic carbocycles. The summed E-state index contributed by atoms with van der Waals surface area (Å²) in [5, 5.41) is 2.32. The minimum absolute atomic E-state index is 0.522. The molecule has 0 amide bonds. The molecule has 1 aliphatic rings. The molecular weight excluding hydrogens is 200 g/mol. The molecule has 16 heavy (non-hydrogen) atoms. The summed E-state index contributed by atoms with van der Waals surface area (Å²) in [6.07, 6.45) is 0. The van der Waals surface area contributed by atoms with Crippen molar-refractivity contribution in [3.05, 3.63) is 30.3 Å². The summed E-state index contributed by atoms with van der Waals surface area (Å²) in [5.41, 5.74) is 0. The third kappa shape index (κ3) is 1.51. The van der Waals surface area contributed by atoms with Crippen LogP contribution in [0.3, 0.4) is 0 Å². The molecule has 0 spiro atoms. The fourth-order valence-electron chi connectivity index (χ4n) is 1.82. The van der Waals surface area contributed by atoms with Crippen molar-refractivity contribution in [2.75, 3.05) is 6.61 Å². The normalized spacial score (nSPS) is 12.4. The Bertz CT molecular complexity index is 544. The van der Waals surface area contributed by atoms with Gasteiger partial charge in [-0.05, 0) is 17.4 Å². The number of hydrogen-bond acceptors (Lipinski definition) is 2. The molecule has 1 heterocycles. The van der Waals surface area contributed by atoms with Crippen LogP contribution in [0, 0.1) is 5.92 Å². The molecule has 0 aromatic heterocycles. The molecule has 2 heteroatoms. The number of fused-ring (bicyclic) bond motifs is 2. The maximum absolute atomic E-state index is 5.84. The Morgan fingerprint density at radius 1 is 1.25 bits per heavy atom. The Kier molecular flexibility index (Phi) is 2.03. The summed E-state index contributed by atoms with van der Waals surface area (Å²) in [6, 6.07) is 10.3.